The molecule has 31 heteroatoms. The minimum Gasteiger partial charge on any atom is -0.481 e. The first-order chi connectivity index (χ1) is 56.5. The molecule has 1 fully saturated rings. The summed E-state index contributed by atoms with van der Waals surface area (Å²) in [5, 5.41) is 35.3. The topological polar surface area (TPSA) is 408 Å². The maximum absolute atomic E-state index is 12.6. The Hall–Kier alpha value is -12.0. The second-order valence-electron chi connectivity index (χ2n) is 32.9. The van der Waals surface area contributed by atoms with Crippen LogP contribution in [0, 0.1) is 33.1 Å². The first-order valence-corrected chi connectivity index (χ1v) is 41.3. The van der Waals surface area contributed by atoms with E-state index < -0.39 is 23.5 Å². The number of hydrogen-bond donors (Lipinski definition) is 9. The van der Waals surface area contributed by atoms with Gasteiger partial charge in [0.2, 0.25) is 0 Å². The van der Waals surface area contributed by atoms with Crippen molar-refractivity contribution in [2.75, 3.05) is 63.0 Å². The second-order valence-corrected chi connectivity index (χ2v) is 33.4. The molecule has 0 atom stereocenters. The van der Waals surface area contributed by atoms with Crippen LogP contribution in [-0.4, -0.2) is 123 Å². The van der Waals surface area contributed by atoms with E-state index in [9.17, 15) is 38.4 Å². The number of carboxylic acid groups (broad SMARTS) is 3. The lowest BCUT2D eigenvalue weighted by Crippen LogP contribution is -2.42. The Morgan fingerprint density at radius 3 is 1.13 bits per heavy atom. The standard InChI is InChI=1S/C24H33N5O3.C23H29ClN4O3.C22H27N5O3.C19H22N4O3/c1-15-12-18-19(13-17(15)25-14-24(3,4)5)29(11-9-7-6-8-10-20(30)31)22-21(28-18)23(32)27-16(2)26-22;1-14-12-17-18(13-16(14)24)28(21-20(27-17)22(30)26-15(2)25-21)11-9-7-6-8-10-19(29)31-23(3,4)5;1-13-11-17-18(12-16(13)25-15-8-9-15)27(10-6-4-3-5-7-19(28)29)21-20(26-17)22(30)24-14(2)23-21;1-12-8-9-15-14(11-12)22-17-18(20-13(2)21-19(17)26)23(15)10-6-4-3-5-7-16(24)25/h12-13,25H,2,6-11,14H2,1,3-5H3,(H,27,32)(H,30,31);12-13H,2,6-11H2,1,3-5H3,(H,26,30);11-12,15,25H,2-10H2,1H3,(H,24,30)(H,28,29);8-9,11H,2-7,10H2,1H3,(H,21,26)(H,24,25). The van der Waals surface area contributed by atoms with Gasteiger partial charge in [-0.2, -0.15) is 0 Å². The van der Waals surface area contributed by atoms with Gasteiger partial charge in [-0.1, -0.05) is 116 Å². The van der Waals surface area contributed by atoms with Crippen LogP contribution in [0.2, 0.25) is 5.02 Å². The molecule has 5 aliphatic rings. The van der Waals surface area contributed by atoms with Gasteiger partial charge in [-0.3, -0.25) is 38.4 Å². The number of halogens is 1. The number of nitrogens with zero attached hydrogens (tertiary/aromatic N) is 12. The van der Waals surface area contributed by atoms with E-state index in [0.717, 1.165) is 163 Å². The van der Waals surface area contributed by atoms with Crippen LogP contribution in [-0.2, 0) is 23.9 Å². The van der Waals surface area contributed by atoms with Crippen molar-refractivity contribution >= 4 is 142 Å². The van der Waals surface area contributed by atoms with E-state index in [1.54, 1.807) is 0 Å². The fourth-order valence-corrected chi connectivity index (χ4v) is 14.2. The van der Waals surface area contributed by atoms with Crippen molar-refractivity contribution < 1.29 is 39.2 Å². The van der Waals surface area contributed by atoms with E-state index in [2.05, 4.69) is 135 Å². The molecule has 8 heterocycles. The summed E-state index contributed by atoms with van der Waals surface area (Å²) in [7, 11) is 0. The summed E-state index contributed by atoms with van der Waals surface area (Å²) in [5.74, 6) is -0.367. The number of H-pyrrole nitrogens is 4. The number of aromatic nitrogens is 8. The number of anilines is 10. The summed E-state index contributed by atoms with van der Waals surface area (Å²) in [4.78, 5) is 148. The number of rotatable bonds is 32. The fourth-order valence-electron chi connectivity index (χ4n) is 14.0. The van der Waals surface area contributed by atoms with Crippen LogP contribution in [0.3, 0.4) is 0 Å². The molecule has 30 nitrogen and oxygen atoms in total. The molecule has 13 rings (SSSR count). The minimum absolute atomic E-state index is 0.132. The van der Waals surface area contributed by atoms with Crippen molar-refractivity contribution in [2.45, 2.75) is 222 Å². The number of aliphatic carboxylic acids is 3. The Morgan fingerprint density at radius 1 is 0.445 bits per heavy atom. The van der Waals surface area contributed by atoms with Crippen molar-refractivity contribution in [1.82, 2.24) is 39.9 Å². The van der Waals surface area contributed by atoms with Crippen LogP contribution >= 0.6 is 11.6 Å². The van der Waals surface area contributed by atoms with Gasteiger partial charge in [0, 0.05) is 80.8 Å². The number of fused-ring (bicyclic) bond motifs is 8. The number of carbonyl (C=O) groups excluding carboxylic acids is 1. The molecule has 4 aromatic carbocycles. The predicted octanol–water partition coefficient (Wildman–Crippen LogP) is 11.6. The van der Waals surface area contributed by atoms with E-state index in [0.29, 0.717) is 130 Å². The molecule has 632 valence electrons. The average molecular weight is 1650 g/mol. The lowest BCUT2D eigenvalue weighted by molar-refractivity contribution is -0.155. The molecule has 0 radical (unpaired) electrons. The van der Waals surface area contributed by atoms with E-state index in [1.165, 1.54) is 12.8 Å². The zero-order chi connectivity index (χ0) is 86.2. The summed E-state index contributed by atoms with van der Waals surface area (Å²) in [6.45, 7) is 38.7. The number of unbranched alkanes of at least 4 members (excludes halogenated alkanes) is 12. The van der Waals surface area contributed by atoms with E-state index in [1.807, 2.05) is 106 Å². The molecular formula is C88H111ClN18O12. The Kier molecular flexibility index (Phi) is 30.0. The summed E-state index contributed by atoms with van der Waals surface area (Å²) >= 11 is 6.37. The first kappa shape index (κ1) is 89.4. The summed E-state index contributed by atoms with van der Waals surface area (Å²) in [5.41, 5.74) is 12.5. The third kappa shape index (κ3) is 24.8. The van der Waals surface area contributed by atoms with Gasteiger partial charge in [-0.15, -0.1) is 0 Å². The van der Waals surface area contributed by atoms with E-state index in [-0.39, 0.29) is 58.2 Å². The van der Waals surface area contributed by atoms with Crippen molar-refractivity contribution in [3.63, 3.8) is 0 Å². The number of hydrogen-bond acceptors (Lipinski definition) is 23. The van der Waals surface area contributed by atoms with Gasteiger partial charge in [0.15, 0.2) is 44.7 Å². The van der Waals surface area contributed by atoms with Gasteiger partial charge < -0.3 is 70.2 Å². The third-order valence-corrected chi connectivity index (χ3v) is 20.5. The van der Waals surface area contributed by atoms with Crippen LogP contribution in [0.25, 0.3) is 26.3 Å². The zero-order valence-electron chi connectivity index (χ0n) is 70.0. The number of esters is 1. The van der Waals surface area contributed by atoms with Gasteiger partial charge in [0.1, 0.15) is 27.5 Å². The molecule has 4 aliphatic heterocycles. The Labute approximate surface area is 694 Å². The highest BCUT2D eigenvalue weighted by Gasteiger charge is 2.30. The SMILES string of the molecule is C=c1nc2c(c(=O)[nH]1)=Nc1cc(C)c(Cl)cc1N2CCCCCCC(=O)OC(C)(C)C.C=c1nc2c(c(=O)[nH]1)=Nc1cc(C)c(NC3CC3)cc1N2CCCCCCC(=O)O.C=c1nc2c(c(=O)[nH]1)=Nc1cc(C)c(NCC(C)(C)C)cc1N2CCCCCCC(=O)O.C=c1nc2c(c(=O)[nH]1)=Nc1cc(C)ccc1N2CCCCCCC(=O)O. The molecule has 0 unspecified atom stereocenters. The van der Waals surface area contributed by atoms with Crippen LogP contribution in [0.4, 0.5) is 80.1 Å². The maximum atomic E-state index is 12.6. The number of ether oxygens (including phenoxy) is 1. The number of benzene rings is 4. The normalized spacial score (nSPS) is 13.1. The zero-order valence-corrected chi connectivity index (χ0v) is 70.7. The molecule has 1 saturated carbocycles. The molecule has 1 aliphatic carbocycles. The molecule has 0 amide bonds. The minimum atomic E-state index is -0.762. The van der Waals surface area contributed by atoms with Gasteiger partial charge in [0.05, 0.1) is 45.5 Å². The van der Waals surface area contributed by atoms with Gasteiger partial charge in [-0.25, -0.2) is 39.9 Å². The molecule has 4 aromatic heterocycles. The van der Waals surface area contributed by atoms with E-state index >= 15 is 0 Å². The lowest BCUT2D eigenvalue weighted by Gasteiger charge is -2.29. The monoisotopic (exact) mass is 1650 g/mol. The summed E-state index contributed by atoms with van der Waals surface area (Å²) in [6, 6.07) is 18.4. The van der Waals surface area contributed by atoms with Gasteiger partial charge >= 0.3 is 23.9 Å². The Balaban J connectivity index is 0.000000167. The van der Waals surface area contributed by atoms with Crippen LogP contribution in [0.1, 0.15) is 205 Å². The average Bonchev–Trinajstić information content (AvgIpc) is 1.71. The highest BCUT2D eigenvalue weighted by Crippen LogP contribution is 2.43. The van der Waals surface area contributed by atoms with Crippen LogP contribution in [0.15, 0.2) is 93.7 Å². The van der Waals surface area contributed by atoms with Gasteiger partial charge in [0.25, 0.3) is 22.2 Å². The molecule has 0 saturated heterocycles. The molecule has 119 heavy (non-hydrogen) atoms. The highest BCUT2D eigenvalue weighted by molar-refractivity contribution is 6.31. The number of aromatic amines is 4. The summed E-state index contributed by atoms with van der Waals surface area (Å²) in [6.07, 6.45) is 16.7. The Bertz CT molecular complexity index is 5870. The largest absolute Gasteiger partial charge is 0.481 e. The van der Waals surface area contributed by atoms with Crippen LogP contribution < -0.4 is 95.8 Å². The second kappa shape index (κ2) is 40.0. The molecule has 0 spiro atoms. The summed E-state index contributed by atoms with van der Waals surface area (Å²) < 4.78 is 5.34. The number of aryl methyl sites for hydroxylation is 4. The van der Waals surface area contributed by atoms with Crippen molar-refractivity contribution in [2.24, 2.45) is 25.4 Å². The van der Waals surface area contributed by atoms with Crippen molar-refractivity contribution in [1.29, 1.82) is 0 Å². The fraction of sp³-hybridized carbons (Fsp3) is 0.455. The molecule has 8 aromatic rings. The first-order valence-electron chi connectivity index (χ1n) is 40.9. The highest BCUT2D eigenvalue weighted by atomic mass is 35.5. The lowest BCUT2D eigenvalue weighted by atomic mass is 9.96. The smallest absolute Gasteiger partial charge is 0.306 e. The Morgan fingerprint density at radius 2 is 0.773 bits per heavy atom. The van der Waals surface area contributed by atoms with Crippen molar-refractivity contribution in [3.05, 3.63) is 167 Å². The number of carbonyl (C=O) groups is 4. The number of nitrogens with one attached hydrogen (secondary N) is 6. The molecule has 9 N–H and O–H groups in total. The third-order valence-electron chi connectivity index (χ3n) is 20.1. The predicted molar refractivity (Wildman–Crippen MR) is 467 cm³/mol. The maximum Gasteiger partial charge on any atom is 0.306 e. The van der Waals surface area contributed by atoms with Gasteiger partial charge in [-0.05, 0) is 189 Å². The van der Waals surface area contributed by atoms with Crippen LogP contribution in [0.5, 0.6) is 0 Å². The quantitative estimate of drug-likeness (QED) is 0.0140. The molecular weight excluding hydrogens is 1540 g/mol. The van der Waals surface area contributed by atoms with Crippen molar-refractivity contribution in [3.8, 4) is 0 Å². The molecule has 0 bridgehead atoms. The number of carboxylic acids is 3. The van der Waals surface area contributed by atoms with E-state index in [4.69, 9.17) is 31.7 Å².